The molecular weight excluding hydrogens is 397 g/mol. The van der Waals surface area contributed by atoms with Crippen molar-refractivity contribution in [1.29, 1.82) is 0 Å². The van der Waals surface area contributed by atoms with Crippen LogP contribution >= 0.6 is 0 Å². The molecule has 0 aromatic heterocycles. The zero-order valence-corrected chi connectivity index (χ0v) is 16.2. The van der Waals surface area contributed by atoms with Crippen LogP contribution in [0.3, 0.4) is 0 Å². The molecule has 0 saturated heterocycles. The third-order valence-electron chi connectivity index (χ3n) is 4.41. The number of Topliss-reactive ketones (excluding diaryl/α,β-unsaturated/α-hetero) is 2. The van der Waals surface area contributed by atoms with Gasteiger partial charge >= 0.3 is 6.18 Å². The van der Waals surface area contributed by atoms with Gasteiger partial charge in [0.2, 0.25) is 0 Å². The quantitative estimate of drug-likeness (QED) is 0.431. The summed E-state index contributed by atoms with van der Waals surface area (Å²) >= 11 is 0. The molecule has 30 heavy (non-hydrogen) atoms. The predicted octanol–water partition coefficient (Wildman–Crippen LogP) is 3.56. The average molecular weight is 420 g/mol. The minimum atomic E-state index is -5.03. The summed E-state index contributed by atoms with van der Waals surface area (Å²) in [5.74, 6) is -2.79. The van der Waals surface area contributed by atoms with Gasteiger partial charge in [-0.2, -0.15) is 13.2 Å². The summed E-state index contributed by atoms with van der Waals surface area (Å²) in [5.41, 5.74) is 0.753. The minimum absolute atomic E-state index is 0.0872. The van der Waals surface area contributed by atoms with E-state index in [2.05, 4.69) is 10.6 Å². The Morgan fingerprint density at radius 3 is 1.97 bits per heavy atom. The molecule has 2 aromatic rings. The first-order valence-corrected chi connectivity index (χ1v) is 9.55. The molecule has 8 heteroatoms. The minimum Gasteiger partial charge on any atom is -0.342 e. The maximum absolute atomic E-state index is 12.9. The first kappa shape index (κ1) is 23.3. The highest BCUT2D eigenvalue weighted by atomic mass is 19.4. The van der Waals surface area contributed by atoms with Crippen LogP contribution < -0.4 is 10.6 Å². The van der Waals surface area contributed by atoms with E-state index < -0.39 is 23.9 Å². The second-order valence-corrected chi connectivity index (χ2v) is 6.72. The molecule has 1 atom stereocenters. The SMILES string of the molecule is O=C(CNCCCCC(NC(=O)c1ccccc1)C(=O)C(F)(F)F)c1ccccc1. The summed E-state index contributed by atoms with van der Waals surface area (Å²) in [6.07, 6.45) is -4.46. The molecule has 0 aliphatic carbocycles. The second kappa shape index (κ2) is 11.3. The maximum Gasteiger partial charge on any atom is 0.452 e. The number of unbranched alkanes of at least 4 members (excludes halogenated alkanes) is 1. The molecule has 1 amide bonds. The van der Waals surface area contributed by atoms with Crippen molar-refractivity contribution in [3.63, 3.8) is 0 Å². The molecule has 2 rings (SSSR count). The highest BCUT2D eigenvalue weighted by Gasteiger charge is 2.43. The van der Waals surface area contributed by atoms with Gasteiger partial charge in [0.15, 0.2) is 5.78 Å². The predicted molar refractivity (Wildman–Crippen MR) is 106 cm³/mol. The van der Waals surface area contributed by atoms with Crippen molar-refractivity contribution in [1.82, 2.24) is 10.6 Å². The Hall–Kier alpha value is -3.00. The number of ketones is 2. The molecule has 0 heterocycles. The molecule has 0 aliphatic rings. The van der Waals surface area contributed by atoms with Crippen LogP contribution in [0, 0.1) is 0 Å². The maximum atomic E-state index is 12.9. The average Bonchev–Trinajstić information content (AvgIpc) is 2.75. The van der Waals surface area contributed by atoms with Gasteiger partial charge in [-0.3, -0.25) is 14.4 Å². The Balaban J connectivity index is 1.80. The highest BCUT2D eigenvalue weighted by molar-refractivity contribution is 5.99. The number of halogens is 3. The van der Waals surface area contributed by atoms with E-state index in [9.17, 15) is 27.6 Å². The van der Waals surface area contributed by atoms with Crippen LogP contribution in [0.5, 0.6) is 0 Å². The molecule has 2 N–H and O–H groups in total. The first-order valence-electron chi connectivity index (χ1n) is 9.55. The monoisotopic (exact) mass is 420 g/mol. The van der Waals surface area contributed by atoms with Gasteiger partial charge in [-0.15, -0.1) is 0 Å². The number of nitrogens with one attached hydrogen (secondary N) is 2. The number of alkyl halides is 3. The van der Waals surface area contributed by atoms with Crippen LogP contribution in [0.15, 0.2) is 60.7 Å². The Kier molecular flexibility index (Phi) is 8.73. The third-order valence-corrected chi connectivity index (χ3v) is 4.41. The molecule has 0 aliphatic heterocycles. The van der Waals surface area contributed by atoms with E-state index in [1.54, 1.807) is 48.5 Å². The van der Waals surface area contributed by atoms with E-state index in [0.717, 1.165) is 0 Å². The summed E-state index contributed by atoms with van der Waals surface area (Å²) in [6.45, 7) is 0.512. The van der Waals surface area contributed by atoms with E-state index >= 15 is 0 Å². The van der Waals surface area contributed by atoms with Crippen molar-refractivity contribution in [2.75, 3.05) is 13.1 Å². The third kappa shape index (κ3) is 7.44. The molecule has 0 bridgehead atoms. The first-order chi connectivity index (χ1) is 14.3. The van der Waals surface area contributed by atoms with Gasteiger partial charge in [-0.25, -0.2) is 0 Å². The summed E-state index contributed by atoms with van der Waals surface area (Å²) in [7, 11) is 0. The van der Waals surface area contributed by atoms with Crippen molar-refractivity contribution < 1.29 is 27.6 Å². The van der Waals surface area contributed by atoms with E-state index in [-0.39, 0.29) is 30.7 Å². The van der Waals surface area contributed by atoms with Crippen LogP contribution in [0.4, 0.5) is 13.2 Å². The topological polar surface area (TPSA) is 75.3 Å². The van der Waals surface area contributed by atoms with E-state index in [4.69, 9.17) is 0 Å². The molecular formula is C22H23F3N2O3. The van der Waals surface area contributed by atoms with Crippen molar-refractivity contribution >= 4 is 17.5 Å². The van der Waals surface area contributed by atoms with E-state index in [1.165, 1.54) is 12.1 Å². The largest absolute Gasteiger partial charge is 0.452 e. The molecule has 0 spiro atoms. The van der Waals surface area contributed by atoms with Gasteiger partial charge in [-0.05, 0) is 37.9 Å². The van der Waals surface area contributed by atoms with Crippen molar-refractivity contribution in [2.45, 2.75) is 31.5 Å². The van der Waals surface area contributed by atoms with Gasteiger partial charge in [0.05, 0.1) is 12.6 Å². The number of hydrogen-bond donors (Lipinski definition) is 2. The molecule has 0 fully saturated rings. The lowest BCUT2D eigenvalue weighted by Crippen LogP contribution is -2.46. The molecule has 5 nitrogen and oxygen atoms in total. The number of benzene rings is 2. The van der Waals surface area contributed by atoms with Gasteiger partial charge in [0.1, 0.15) is 0 Å². The normalized spacial score (nSPS) is 12.2. The van der Waals surface area contributed by atoms with Crippen LogP contribution in [0.2, 0.25) is 0 Å². The number of carbonyl (C=O) groups is 3. The molecule has 0 saturated carbocycles. The number of carbonyl (C=O) groups excluding carboxylic acids is 3. The van der Waals surface area contributed by atoms with Gasteiger partial charge in [-0.1, -0.05) is 48.5 Å². The molecule has 160 valence electrons. The van der Waals surface area contributed by atoms with E-state index in [1.807, 2.05) is 0 Å². The standard InChI is InChI=1S/C22H23F3N2O3/c23-22(24,25)20(29)18(27-21(30)17-11-5-2-6-12-17)13-7-8-14-26-15-19(28)16-9-3-1-4-10-16/h1-6,9-12,18,26H,7-8,13-15H2,(H,27,30). The number of rotatable bonds is 11. The highest BCUT2D eigenvalue weighted by Crippen LogP contribution is 2.20. The fraction of sp³-hybridized carbons (Fsp3) is 0.318. The summed E-state index contributed by atoms with van der Waals surface area (Å²) in [4.78, 5) is 35.8. The van der Waals surface area contributed by atoms with Crippen molar-refractivity contribution in [3.8, 4) is 0 Å². The summed E-state index contributed by atoms with van der Waals surface area (Å²) < 4.78 is 38.6. The smallest absolute Gasteiger partial charge is 0.342 e. The lowest BCUT2D eigenvalue weighted by atomic mass is 10.0. The van der Waals surface area contributed by atoms with Gasteiger partial charge in [0, 0.05) is 11.1 Å². The number of hydrogen-bond acceptors (Lipinski definition) is 4. The zero-order chi connectivity index (χ0) is 22.0. The zero-order valence-electron chi connectivity index (χ0n) is 16.2. The fourth-order valence-corrected chi connectivity index (χ4v) is 2.82. The second-order valence-electron chi connectivity index (χ2n) is 6.72. The molecule has 0 radical (unpaired) electrons. The van der Waals surface area contributed by atoms with Crippen molar-refractivity contribution in [3.05, 3.63) is 71.8 Å². The van der Waals surface area contributed by atoms with Crippen LogP contribution in [0.1, 0.15) is 40.0 Å². The van der Waals surface area contributed by atoms with Crippen molar-refractivity contribution in [2.24, 2.45) is 0 Å². The van der Waals surface area contributed by atoms with Crippen LogP contribution in [-0.2, 0) is 4.79 Å². The number of amides is 1. The fourth-order valence-electron chi connectivity index (χ4n) is 2.82. The molecule has 2 aromatic carbocycles. The van der Waals surface area contributed by atoms with Crippen LogP contribution in [0.25, 0.3) is 0 Å². The van der Waals surface area contributed by atoms with Gasteiger partial charge in [0.25, 0.3) is 11.7 Å². The Bertz CT molecular complexity index is 840. The van der Waals surface area contributed by atoms with E-state index in [0.29, 0.717) is 18.5 Å². The Labute approximate surface area is 172 Å². The molecule has 1 unspecified atom stereocenters. The van der Waals surface area contributed by atoms with Crippen LogP contribution in [-0.4, -0.2) is 42.8 Å². The summed E-state index contributed by atoms with van der Waals surface area (Å²) in [6, 6.07) is 14.8. The van der Waals surface area contributed by atoms with Gasteiger partial charge < -0.3 is 10.6 Å². The Morgan fingerprint density at radius 2 is 1.40 bits per heavy atom. The Morgan fingerprint density at radius 1 is 0.833 bits per heavy atom. The lowest BCUT2D eigenvalue weighted by molar-refractivity contribution is -0.173. The summed E-state index contributed by atoms with van der Waals surface area (Å²) in [5, 5.41) is 5.13. The lowest BCUT2D eigenvalue weighted by Gasteiger charge is -2.19.